The van der Waals surface area contributed by atoms with Gasteiger partial charge in [-0.1, -0.05) is 18.2 Å². The summed E-state index contributed by atoms with van der Waals surface area (Å²) in [6.07, 6.45) is 0. The summed E-state index contributed by atoms with van der Waals surface area (Å²) in [6, 6.07) is 8.04. The van der Waals surface area contributed by atoms with Crippen molar-refractivity contribution in [3.8, 4) is 0 Å². The lowest BCUT2D eigenvalue weighted by Crippen LogP contribution is -2.27. The molecule has 0 radical (unpaired) electrons. The van der Waals surface area contributed by atoms with Gasteiger partial charge in [-0.2, -0.15) is 0 Å². The van der Waals surface area contributed by atoms with Crippen molar-refractivity contribution in [1.29, 1.82) is 0 Å². The maximum atomic E-state index is 11.6. The van der Waals surface area contributed by atoms with E-state index in [2.05, 4.69) is 5.32 Å². The van der Waals surface area contributed by atoms with Crippen LogP contribution in [-0.2, 0) is 0 Å². The molecule has 5 heteroatoms. The Morgan fingerprint density at radius 1 is 1.31 bits per heavy atom. The highest BCUT2D eigenvalue weighted by Gasteiger charge is 2.18. The summed E-state index contributed by atoms with van der Waals surface area (Å²) < 4.78 is 1.15. The average Bonchev–Trinajstić information content (AvgIpc) is 2.67. The first-order valence-electron chi connectivity index (χ1n) is 4.71. The molecule has 0 bridgehead atoms. The van der Waals surface area contributed by atoms with Gasteiger partial charge < -0.3 is 10.4 Å². The number of carboxylic acid groups (broad SMARTS) is 1. The van der Waals surface area contributed by atoms with Gasteiger partial charge in [0.1, 0.15) is 5.69 Å². The summed E-state index contributed by atoms with van der Waals surface area (Å²) in [5, 5.41) is 12.2. The highest BCUT2D eigenvalue weighted by Crippen LogP contribution is 2.19. The molecule has 82 valence electrons. The van der Waals surface area contributed by atoms with Crippen LogP contribution in [0.2, 0.25) is 0 Å². The molecule has 0 unspecified atom stereocenters. The van der Waals surface area contributed by atoms with Crippen LogP contribution >= 0.6 is 0 Å². The van der Waals surface area contributed by atoms with Gasteiger partial charge in [0.25, 0.3) is 0 Å². The Hall–Kier alpha value is -2.30. The molecule has 2 aromatic rings. The lowest BCUT2D eigenvalue weighted by Gasteiger charge is -2.05. The summed E-state index contributed by atoms with van der Waals surface area (Å²) in [5.41, 5.74) is 0.541. The third-order valence-corrected chi connectivity index (χ3v) is 2.35. The Labute approximate surface area is 91.3 Å². The molecule has 5 nitrogen and oxygen atoms in total. The lowest BCUT2D eigenvalue weighted by atomic mass is 10.2. The SMILES string of the molecule is CNC(=O)n1c(C(=O)O)cc2ccccc21. The van der Waals surface area contributed by atoms with Crippen molar-refractivity contribution in [3.05, 3.63) is 36.0 Å². The molecule has 1 aromatic carbocycles. The summed E-state index contributed by atoms with van der Waals surface area (Å²) in [6.45, 7) is 0. The smallest absolute Gasteiger partial charge is 0.353 e. The van der Waals surface area contributed by atoms with Crippen LogP contribution in [0.15, 0.2) is 30.3 Å². The molecule has 2 rings (SSSR count). The molecule has 1 heterocycles. The van der Waals surface area contributed by atoms with Gasteiger partial charge in [0.15, 0.2) is 0 Å². The molecule has 1 aromatic heterocycles. The Kier molecular flexibility index (Phi) is 2.36. The molecule has 0 fully saturated rings. The van der Waals surface area contributed by atoms with Crippen molar-refractivity contribution in [2.45, 2.75) is 0 Å². The van der Waals surface area contributed by atoms with Crippen LogP contribution in [0.5, 0.6) is 0 Å². The van der Waals surface area contributed by atoms with Crippen molar-refractivity contribution in [3.63, 3.8) is 0 Å². The summed E-state index contributed by atoms with van der Waals surface area (Å²) in [7, 11) is 1.46. The summed E-state index contributed by atoms with van der Waals surface area (Å²) >= 11 is 0. The zero-order chi connectivity index (χ0) is 11.7. The number of amides is 1. The number of carbonyl (C=O) groups excluding carboxylic acids is 1. The number of nitrogens with zero attached hydrogens (tertiary/aromatic N) is 1. The predicted octanol–water partition coefficient (Wildman–Crippen LogP) is 1.53. The molecule has 0 saturated heterocycles. The minimum Gasteiger partial charge on any atom is -0.477 e. The van der Waals surface area contributed by atoms with E-state index in [-0.39, 0.29) is 5.69 Å². The Bertz CT molecular complexity index is 572. The molecule has 16 heavy (non-hydrogen) atoms. The quantitative estimate of drug-likeness (QED) is 0.762. The van der Waals surface area contributed by atoms with E-state index in [0.717, 1.165) is 9.95 Å². The second-order valence-electron chi connectivity index (χ2n) is 3.28. The van der Waals surface area contributed by atoms with E-state index >= 15 is 0 Å². The van der Waals surface area contributed by atoms with Gasteiger partial charge in [0.05, 0.1) is 5.52 Å². The summed E-state index contributed by atoms with van der Waals surface area (Å²) in [5.74, 6) is -1.13. The minimum absolute atomic E-state index is 0.0412. The van der Waals surface area contributed by atoms with E-state index in [0.29, 0.717) is 5.52 Å². The first-order chi connectivity index (χ1) is 7.65. The number of carboxylic acids is 1. The van der Waals surface area contributed by atoms with Gasteiger partial charge in [-0.05, 0) is 12.1 Å². The zero-order valence-corrected chi connectivity index (χ0v) is 8.60. The molecule has 0 aliphatic rings. The van der Waals surface area contributed by atoms with E-state index in [4.69, 9.17) is 5.11 Å². The maximum Gasteiger partial charge on any atom is 0.353 e. The normalized spacial score (nSPS) is 10.3. The van der Waals surface area contributed by atoms with Gasteiger partial charge in [-0.25, -0.2) is 9.59 Å². The van der Waals surface area contributed by atoms with Crippen molar-refractivity contribution in [2.75, 3.05) is 7.05 Å². The largest absolute Gasteiger partial charge is 0.477 e. The van der Waals surface area contributed by atoms with Gasteiger partial charge in [-0.3, -0.25) is 4.57 Å². The maximum absolute atomic E-state index is 11.6. The standard InChI is InChI=1S/C11H10N2O3/c1-12-11(16)13-8-5-3-2-4-7(8)6-9(13)10(14)15/h2-6H,1H3,(H,12,16)(H,14,15). The fourth-order valence-corrected chi connectivity index (χ4v) is 1.64. The fourth-order valence-electron chi connectivity index (χ4n) is 1.64. The second kappa shape index (κ2) is 3.69. The number of fused-ring (bicyclic) bond motifs is 1. The molecular weight excluding hydrogens is 208 g/mol. The van der Waals surface area contributed by atoms with E-state index in [1.807, 2.05) is 0 Å². The predicted molar refractivity (Wildman–Crippen MR) is 58.8 cm³/mol. The number of para-hydroxylation sites is 1. The molecule has 1 amide bonds. The first-order valence-corrected chi connectivity index (χ1v) is 4.71. The lowest BCUT2D eigenvalue weighted by molar-refractivity contribution is 0.0687. The topological polar surface area (TPSA) is 71.3 Å². The highest BCUT2D eigenvalue weighted by molar-refractivity contribution is 6.01. The van der Waals surface area contributed by atoms with Crippen LogP contribution in [-0.4, -0.2) is 28.7 Å². The number of nitrogens with one attached hydrogen (secondary N) is 1. The molecule has 0 aliphatic carbocycles. The van der Waals surface area contributed by atoms with Crippen LogP contribution in [0.25, 0.3) is 10.9 Å². The van der Waals surface area contributed by atoms with Crippen LogP contribution in [0, 0.1) is 0 Å². The molecule has 0 aliphatic heterocycles. The van der Waals surface area contributed by atoms with E-state index < -0.39 is 12.0 Å². The Morgan fingerprint density at radius 2 is 2.00 bits per heavy atom. The molecule has 0 saturated carbocycles. The van der Waals surface area contributed by atoms with Crippen molar-refractivity contribution >= 4 is 22.9 Å². The number of hydrogen-bond acceptors (Lipinski definition) is 2. The van der Waals surface area contributed by atoms with Gasteiger partial charge in [-0.15, -0.1) is 0 Å². The number of hydrogen-bond donors (Lipinski definition) is 2. The minimum atomic E-state index is -1.13. The molecule has 2 N–H and O–H groups in total. The van der Waals surface area contributed by atoms with E-state index in [1.165, 1.54) is 13.1 Å². The van der Waals surface area contributed by atoms with E-state index in [9.17, 15) is 9.59 Å². The third-order valence-electron chi connectivity index (χ3n) is 2.35. The highest BCUT2D eigenvalue weighted by atomic mass is 16.4. The Morgan fingerprint density at radius 3 is 2.62 bits per heavy atom. The van der Waals surface area contributed by atoms with Gasteiger partial charge in [0.2, 0.25) is 0 Å². The molecule has 0 atom stereocenters. The van der Waals surface area contributed by atoms with Crippen LogP contribution in [0.1, 0.15) is 10.5 Å². The average molecular weight is 218 g/mol. The number of aromatic nitrogens is 1. The van der Waals surface area contributed by atoms with Gasteiger partial charge >= 0.3 is 12.0 Å². The van der Waals surface area contributed by atoms with Crippen molar-refractivity contribution < 1.29 is 14.7 Å². The van der Waals surface area contributed by atoms with Crippen molar-refractivity contribution in [2.24, 2.45) is 0 Å². The zero-order valence-electron chi connectivity index (χ0n) is 8.60. The van der Waals surface area contributed by atoms with Crippen LogP contribution in [0.3, 0.4) is 0 Å². The third kappa shape index (κ3) is 1.42. The van der Waals surface area contributed by atoms with Crippen molar-refractivity contribution in [1.82, 2.24) is 9.88 Å². The van der Waals surface area contributed by atoms with Crippen LogP contribution in [0.4, 0.5) is 4.79 Å². The number of benzene rings is 1. The Balaban J connectivity index is 2.79. The number of carbonyl (C=O) groups is 2. The first kappa shape index (κ1) is 10.2. The molecular formula is C11H10N2O3. The second-order valence-corrected chi connectivity index (χ2v) is 3.28. The van der Waals surface area contributed by atoms with E-state index in [1.54, 1.807) is 24.3 Å². The van der Waals surface area contributed by atoms with Crippen LogP contribution < -0.4 is 5.32 Å². The fraction of sp³-hybridized carbons (Fsp3) is 0.0909. The summed E-state index contributed by atoms with van der Waals surface area (Å²) in [4.78, 5) is 22.6. The van der Waals surface area contributed by atoms with Gasteiger partial charge in [0, 0.05) is 12.4 Å². The number of aromatic carboxylic acids is 1. The number of rotatable bonds is 1. The monoisotopic (exact) mass is 218 g/mol. The molecule has 0 spiro atoms.